The van der Waals surface area contributed by atoms with Crippen molar-refractivity contribution in [2.75, 3.05) is 12.4 Å². The number of nitro groups is 1. The highest BCUT2D eigenvalue weighted by Crippen LogP contribution is 2.38. The molecule has 39 heavy (non-hydrogen) atoms. The number of rotatable bonds is 7. The Labute approximate surface area is 235 Å². The third-order valence-corrected chi connectivity index (χ3v) is 6.36. The van der Waals surface area contributed by atoms with E-state index in [1.165, 1.54) is 37.5 Å². The summed E-state index contributed by atoms with van der Waals surface area (Å²) in [6.45, 7) is 0. The molecular formula is C28H17BrClN3O6. The zero-order valence-corrected chi connectivity index (χ0v) is 22.4. The predicted octanol–water partition coefficient (Wildman–Crippen LogP) is 6.94. The molecule has 0 atom stereocenters. The van der Waals surface area contributed by atoms with Crippen LogP contribution in [0.3, 0.4) is 0 Å². The molecule has 4 rings (SSSR count). The van der Waals surface area contributed by atoms with Crippen LogP contribution in [0.5, 0.6) is 11.5 Å². The van der Waals surface area contributed by atoms with Crippen molar-refractivity contribution in [2.45, 2.75) is 0 Å². The standard InChI is InChI=1S/C28H17BrClN3O6/c1-38-25-13-16(11-18(15-31)27(34)32-23-10-9-19(30)14-24(23)33(36)37)12-22(29)26(25)39-28(35)21-8-4-6-17-5-2-3-7-20(17)21/h2-14H,1H3,(H,32,34)/b18-11-. The van der Waals surface area contributed by atoms with Gasteiger partial charge in [0.25, 0.3) is 11.6 Å². The molecule has 0 aromatic heterocycles. The summed E-state index contributed by atoms with van der Waals surface area (Å²) >= 11 is 9.18. The van der Waals surface area contributed by atoms with E-state index in [1.54, 1.807) is 18.2 Å². The van der Waals surface area contributed by atoms with Crippen LogP contribution >= 0.6 is 27.5 Å². The molecule has 0 heterocycles. The normalized spacial score (nSPS) is 11.0. The van der Waals surface area contributed by atoms with Crippen LogP contribution in [0, 0.1) is 21.4 Å². The molecule has 0 aliphatic carbocycles. The van der Waals surface area contributed by atoms with Crippen molar-refractivity contribution in [2.24, 2.45) is 0 Å². The number of benzene rings is 4. The zero-order chi connectivity index (χ0) is 28.1. The number of nitrogens with zero attached hydrogens (tertiary/aromatic N) is 2. The average molecular weight is 607 g/mol. The van der Waals surface area contributed by atoms with Crippen molar-refractivity contribution in [3.8, 4) is 17.6 Å². The number of nitrogens with one attached hydrogen (secondary N) is 1. The number of carbonyl (C=O) groups is 2. The van der Waals surface area contributed by atoms with Crippen LogP contribution in [-0.4, -0.2) is 23.9 Å². The quantitative estimate of drug-likeness (QED) is 0.0602. The Morgan fingerprint density at radius 2 is 1.85 bits per heavy atom. The van der Waals surface area contributed by atoms with Crippen LogP contribution in [0.15, 0.2) is 82.8 Å². The number of halogens is 2. The summed E-state index contributed by atoms with van der Waals surface area (Å²) in [7, 11) is 1.38. The first-order valence-corrected chi connectivity index (χ1v) is 12.3. The van der Waals surface area contributed by atoms with Gasteiger partial charge in [-0.05, 0) is 68.7 Å². The second kappa shape index (κ2) is 11.8. The van der Waals surface area contributed by atoms with Crippen molar-refractivity contribution < 1.29 is 24.0 Å². The van der Waals surface area contributed by atoms with Crippen LogP contribution in [0.25, 0.3) is 16.8 Å². The monoisotopic (exact) mass is 605 g/mol. The topological polar surface area (TPSA) is 132 Å². The highest BCUT2D eigenvalue weighted by atomic mass is 79.9. The molecule has 0 unspecified atom stereocenters. The molecule has 1 N–H and O–H groups in total. The van der Waals surface area contributed by atoms with E-state index in [-0.39, 0.29) is 27.8 Å². The smallest absolute Gasteiger partial charge is 0.344 e. The molecule has 0 aliphatic rings. The summed E-state index contributed by atoms with van der Waals surface area (Å²) in [5.41, 5.74) is -0.152. The van der Waals surface area contributed by atoms with Crippen LogP contribution in [0.1, 0.15) is 15.9 Å². The van der Waals surface area contributed by atoms with E-state index in [2.05, 4.69) is 21.2 Å². The van der Waals surface area contributed by atoms with Crippen LogP contribution in [0.2, 0.25) is 5.02 Å². The summed E-state index contributed by atoms with van der Waals surface area (Å²) in [6, 6.07) is 21.2. The number of methoxy groups -OCH3 is 1. The third kappa shape index (κ3) is 6.06. The summed E-state index contributed by atoms with van der Waals surface area (Å²) in [5, 5.41) is 25.0. The van der Waals surface area contributed by atoms with Gasteiger partial charge in [0, 0.05) is 11.1 Å². The van der Waals surface area contributed by atoms with Gasteiger partial charge >= 0.3 is 5.97 Å². The number of fused-ring (bicyclic) bond motifs is 1. The van der Waals surface area contributed by atoms with E-state index < -0.39 is 22.5 Å². The van der Waals surface area contributed by atoms with Gasteiger partial charge in [-0.1, -0.05) is 48.0 Å². The van der Waals surface area contributed by atoms with Crippen molar-refractivity contribution in [3.05, 3.63) is 109 Å². The number of nitriles is 1. The van der Waals surface area contributed by atoms with E-state index in [9.17, 15) is 25.0 Å². The second-order valence-electron chi connectivity index (χ2n) is 7.99. The molecular weight excluding hydrogens is 590 g/mol. The summed E-state index contributed by atoms with van der Waals surface area (Å²) in [6.07, 6.45) is 1.26. The minimum Gasteiger partial charge on any atom is -0.493 e. The first kappa shape index (κ1) is 27.3. The Balaban J connectivity index is 1.62. The maximum absolute atomic E-state index is 13.1. The fraction of sp³-hybridized carbons (Fsp3) is 0.0357. The van der Waals surface area contributed by atoms with Gasteiger partial charge in [0.2, 0.25) is 0 Å². The van der Waals surface area contributed by atoms with Gasteiger partial charge < -0.3 is 14.8 Å². The molecule has 0 saturated carbocycles. The van der Waals surface area contributed by atoms with Gasteiger partial charge in [-0.25, -0.2) is 4.79 Å². The van der Waals surface area contributed by atoms with Crippen molar-refractivity contribution >= 4 is 67.6 Å². The lowest BCUT2D eigenvalue weighted by atomic mass is 10.0. The van der Waals surface area contributed by atoms with Crippen LogP contribution < -0.4 is 14.8 Å². The van der Waals surface area contributed by atoms with Crippen LogP contribution in [0.4, 0.5) is 11.4 Å². The number of esters is 1. The summed E-state index contributed by atoms with van der Waals surface area (Å²) < 4.78 is 11.4. The number of hydrogen-bond acceptors (Lipinski definition) is 7. The lowest BCUT2D eigenvalue weighted by molar-refractivity contribution is -0.383. The Kier molecular flexibility index (Phi) is 8.24. The number of anilines is 1. The van der Waals surface area contributed by atoms with E-state index in [0.29, 0.717) is 15.6 Å². The first-order valence-electron chi connectivity index (χ1n) is 11.2. The molecule has 0 radical (unpaired) electrons. The molecule has 4 aromatic rings. The van der Waals surface area contributed by atoms with Crippen molar-refractivity contribution in [1.82, 2.24) is 0 Å². The highest BCUT2D eigenvalue weighted by Gasteiger charge is 2.21. The molecule has 0 aliphatic heterocycles. The van der Waals surface area contributed by atoms with Gasteiger partial charge in [-0.3, -0.25) is 14.9 Å². The van der Waals surface area contributed by atoms with Crippen molar-refractivity contribution in [1.29, 1.82) is 5.26 Å². The lowest BCUT2D eigenvalue weighted by Gasteiger charge is -2.13. The van der Waals surface area contributed by atoms with E-state index >= 15 is 0 Å². The Morgan fingerprint density at radius 1 is 1.10 bits per heavy atom. The fourth-order valence-corrected chi connectivity index (χ4v) is 4.45. The lowest BCUT2D eigenvalue weighted by Crippen LogP contribution is -2.14. The van der Waals surface area contributed by atoms with Gasteiger partial charge in [-0.15, -0.1) is 0 Å². The molecule has 1 amide bonds. The number of hydrogen-bond donors (Lipinski definition) is 1. The SMILES string of the molecule is COc1cc(/C=C(/C#N)C(=O)Nc2ccc(Cl)cc2[N+](=O)[O-])cc(Br)c1OC(=O)c1cccc2ccccc12. The zero-order valence-electron chi connectivity index (χ0n) is 20.1. The van der Waals surface area contributed by atoms with Gasteiger partial charge in [-0.2, -0.15) is 5.26 Å². The molecule has 194 valence electrons. The number of ether oxygens (including phenoxy) is 2. The molecule has 9 nitrogen and oxygen atoms in total. The highest BCUT2D eigenvalue weighted by molar-refractivity contribution is 9.10. The fourth-order valence-electron chi connectivity index (χ4n) is 3.74. The predicted molar refractivity (Wildman–Crippen MR) is 150 cm³/mol. The largest absolute Gasteiger partial charge is 0.493 e. The van der Waals surface area contributed by atoms with Gasteiger partial charge in [0.05, 0.1) is 22.1 Å². The second-order valence-corrected chi connectivity index (χ2v) is 9.28. The molecule has 0 saturated heterocycles. The Bertz CT molecular complexity index is 1710. The Morgan fingerprint density at radius 3 is 2.56 bits per heavy atom. The average Bonchev–Trinajstić information content (AvgIpc) is 2.93. The van der Waals surface area contributed by atoms with E-state index in [4.69, 9.17) is 21.1 Å². The first-order chi connectivity index (χ1) is 18.7. The third-order valence-electron chi connectivity index (χ3n) is 5.54. The maximum Gasteiger partial charge on any atom is 0.344 e. The maximum atomic E-state index is 13.1. The number of amides is 1. The minimum absolute atomic E-state index is 0.104. The number of carbonyl (C=O) groups excluding carboxylic acids is 2. The van der Waals surface area contributed by atoms with Crippen LogP contribution in [-0.2, 0) is 4.79 Å². The van der Waals surface area contributed by atoms with E-state index in [1.807, 2.05) is 30.3 Å². The summed E-state index contributed by atoms with van der Waals surface area (Å²) in [4.78, 5) is 36.4. The molecule has 11 heteroatoms. The molecule has 0 spiro atoms. The molecule has 0 bridgehead atoms. The minimum atomic E-state index is -0.871. The van der Waals surface area contributed by atoms with Gasteiger partial charge in [0.1, 0.15) is 17.3 Å². The Hall–Kier alpha value is -4.72. The summed E-state index contributed by atoms with van der Waals surface area (Å²) in [5.74, 6) is -1.21. The number of nitro benzene ring substituents is 1. The molecule has 0 fully saturated rings. The van der Waals surface area contributed by atoms with Crippen molar-refractivity contribution in [3.63, 3.8) is 0 Å². The van der Waals surface area contributed by atoms with E-state index in [0.717, 1.165) is 16.8 Å². The molecule has 4 aromatic carbocycles. The van der Waals surface area contributed by atoms with Gasteiger partial charge in [0.15, 0.2) is 11.5 Å².